The molecule has 2 rings (SSSR count). The van der Waals surface area contributed by atoms with E-state index in [-0.39, 0.29) is 17.7 Å². The lowest BCUT2D eigenvalue weighted by Gasteiger charge is -2.19. The van der Waals surface area contributed by atoms with Gasteiger partial charge >= 0.3 is 0 Å². The van der Waals surface area contributed by atoms with Crippen molar-refractivity contribution in [3.05, 3.63) is 47.8 Å². The van der Waals surface area contributed by atoms with Crippen LogP contribution in [-0.2, 0) is 28.8 Å². The second-order valence-electron chi connectivity index (χ2n) is 7.39. The van der Waals surface area contributed by atoms with Crippen LogP contribution in [0, 0.1) is 0 Å². The van der Waals surface area contributed by atoms with Gasteiger partial charge in [-0.2, -0.15) is 5.10 Å². The van der Waals surface area contributed by atoms with Gasteiger partial charge in [0, 0.05) is 26.8 Å². The Bertz CT molecular complexity index is 878. The summed E-state index contributed by atoms with van der Waals surface area (Å²) in [6.07, 6.45) is 1.73. The molecule has 0 fully saturated rings. The third-order valence-electron chi connectivity index (χ3n) is 4.33. The molecule has 0 saturated heterocycles. The maximum Gasteiger partial charge on any atom is 0.191 e. The zero-order valence-corrected chi connectivity index (χ0v) is 17.5. The fourth-order valence-corrected chi connectivity index (χ4v) is 3.71. The predicted molar refractivity (Wildman–Crippen MR) is 109 cm³/mol. The van der Waals surface area contributed by atoms with E-state index in [0.29, 0.717) is 17.4 Å². The van der Waals surface area contributed by atoms with E-state index in [1.54, 1.807) is 30.1 Å². The molecule has 0 radical (unpaired) electrons. The standard InChI is InChI=1S/C19H29N5O2S/c1-19(2,3)15-6-8-17(9-7-15)27(25,26)13-12-21-18(20-4)22-14-16-10-11-23-24(16)5/h6-11H,12-14H2,1-5H3,(H2,20,21,22). The number of aryl methyl sites for hydroxylation is 1. The second-order valence-corrected chi connectivity index (χ2v) is 9.50. The van der Waals surface area contributed by atoms with Crippen molar-refractivity contribution < 1.29 is 8.42 Å². The molecule has 0 amide bonds. The maximum atomic E-state index is 12.5. The van der Waals surface area contributed by atoms with Crippen LogP contribution >= 0.6 is 0 Å². The molecule has 2 N–H and O–H groups in total. The highest BCUT2D eigenvalue weighted by atomic mass is 32.2. The molecule has 0 atom stereocenters. The van der Waals surface area contributed by atoms with E-state index in [1.807, 2.05) is 25.2 Å². The third kappa shape index (κ3) is 5.82. The van der Waals surface area contributed by atoms with Gasteiger partial charge in [-0.3, -0.25) is 9.67 Å². The Balaban J connectivity index is 1.89. The smallest absolute Gasteiger partial charge is 0.191 e. The highest BCUT2D eigenvalue weighted by Crippen LogP contribution is 2.23. The first-order valence-corrected chi connectivity index (χ1v) is 10.5. The predicted octanol–water partition coefficient (Wildman–Crippen LogP) is 1.86. The van der Waals surface area contributed by atoms with Crippen LogP contribution in [0.25, 0.3) is 0 Å². The minimum atomic E-state index is -3.35. The average molecular weight is 392 g/mol. The average Bonchev–Trinajstić information content (AvgIpc) is 3.02. The number of sulfone groups is 1. The first kappa shape index (κ1) is 21.0. The SMILES string of the molecule is CN=C(NCCS(=O)(=O)c1ccc(C(C)(C)C)cc1)NCc1ccnn1C. The zero-order chi connectivity index (χ0) is 20.1. The molecule has 0 bridgehead atoms. The van der Waals surface area contributed by atoms with Crippen LogP contribution in [0.3, 0.4) is 0 Å². The van der Waals surface area contributed by atoms with Crippen molar-refractivity contribution in [2.24, 2.45) is 12.0 Å². The van der Waals surface area contributed by atoms with Gasteiger partial charge in [0.15, 0.2) is 15.8 Å². The van der Waals surface area contributed by atoms with E-state index < -0.39 is 9.84 Å². The molecular weight excluding hydrogens is 362 g/mol. The van der Waals surface area contributed by atoms with Gasteiger partial charge in [-0.05, 0) is 29.2 Å². The summed E-state index contributed by atoms with van der Waals surface area (Å²) in [5.41, 5.74) is 2.11. The quantitative estimate of drug-likeness (QED) is 0.580. The van der Waals surface area contributed by atoms with Gasteiger partial charge < -0.3 is 10.6 Å². The van der Waals surface area contributed by atoms with Gasteiger partial charge in [-0.1, -0.05) is 32.9 Å². The number of benzene rings is 1. The lowest BCUT2D eigenvalue weighted by Crippen LogP contribution is -2.39. The lowest BCUT2D eigenvalue weighted by molar-refractivity contribution is 0.586. The van der Waals surface area contributed by atoms with Gasteiger partial charge in [-0.25, -0.2) is 8.42 Å². The number of nitrogens with one attached hydrogen (secondary N) is 2. The highest BCUT2D eigenvalue weighted by Gasteiger charge is 2.17. The van der Waals surface area contributed by atoms with Crippen LogP contribution in [0.5, 0.6) is 0 Å². The number of aromatic nitrogens is 2. The maximum absolute atomic E-state index is 12.5. The van der Waals surface area contributed by atoms with E-state index in [9.17, 15) is 8.42 Å². The van der Waals surface area contributed by atoms with Crippen molar-refractivity contribution in [1.29, 1.82) is 0 Å². The first-order valence-electron chi connectivity index (χ1n) is 8.88. The van der Waals surface area contributed by atoms with E-state index in [0.717, 1.165) is 11.3 Å². The normalized spacial score (nSPS) is 12.9. The third-order valence-corrected chi connectivity index (χ3v) is 6.06. The van der Waals surface area contributed by atoms with Crippen LogP contribution in [0.2, 0.25) is 0 Å². The van der Waals surface area contributed by atoms with Gasteiger partial charge in [0.2, 0.25) is 0 Å². The van der Waals surface area contributed by atoms with Crippen molar-refractivity contribution >= 4 is 15.8 Å². The van der Waals surface area contributed by atoms with Gasteiger partial charge in [-0.15, -0.1) is 0 Å². The fourth-order valence-electron chi connectivity index (χ4n) is 2.55. The molecule has 2 aromatic rings. The van der Waals surface area contributed by atoms with Crippen LogP contribution in [-0.4, -0.2) is 43.5 Å². The molecule has 1 aromatic heterocycles. The van der Waals surface area contributed by atoms with Crippen molar-refractivity contribution in [3.63, 3.8) is 0 Å². The van der Waals surface area contributed by atoms with Crippen LogP contribution in [0.4, 0.5) is 0 Å². The Hall–Kier alpha value is -2.35. The van der Waals surface area contributed by atoms with Crippen molar-refractivity contribution in [3.8, 4) is 0 Å². The molecular formula is C19H29N5O2S. The summed E-state index contributed by atoms with van der Waals surface area (Å²) >= 11 is 0. The molecule has 0 aliphatic heterocycles. The molecule has 0 saturated carbocycles. The Kier molecular flexibility index (Phi) is 6.64. The number of aliphatic imine (C=N–C) groups is 1. The molecule has 0 aliphatic rings. The van der Waals surface area contributed by atoms with Gasteiger partial charge in [0.25, 0.3) is 0 Å². The highest BCUT2D eigenvalue weighted by molar-refractivity contribution is 7.91. The molecule has 27 heavy (non-hydrogen) atoms. The molecule has 148 valence electrons. The number of rotatable bonds is 6. The summed E-state index contributed by atoms with van der Waals surface area (Å²) in [4.78, 5) is 4.46. The zero-order valence-electron chi connectivity index (χ0n) is 16.7. The van der Waals surface area contributed by atoms with Gasteiger partial charge in [0.05, 0.1) is 22.9 Å². The molecule has 8 heteroatoms. The number of hydrogen-bond acceptors (Lipinski definition) is 4. The minimum Gasteiger partial charge on any atom is -0.355 e. The number of hydrogen-bond donors (Lipinski definition) is 2. The molecule has 7 nitrogen and oxygen atoms in total. The monoisotopic (exact) mass is 391 g/mol. The van der Waals surface area contributed by atoms with Crippen molar-refractivity contribution in [2.45, 2.75) is 37.6 Å². The summed E-state index contributed by atoms with van der Waals surface area (Å²) in [5, 5.41) is 10.3. The first-order chi connectivity index (χ1) is 12.6. The topological polar surface area (TPSA) is 88.4 Å². The Morgan fingerprint density at radius 3 is 2.33 bits per heavy atom. The van der Waals surface area contributed by atoms with Crippen LogP contribution in [0.15, 0.2) is 46.4 Å². The van der Waals surface area contributed by atoms with E-state index in [1.165, 1.54) is 0 Å². The summed E-state index contributed by atoms with van der Waals surface area (Å²) < 4.78 is 26.9. The van der Waals surface area contributed by atoms with E-state index in [2.05, 4.69) is 41.5 Å². The number of nitrogens with zero attached hydrogens (tertiary/aromatic N) is 3. The Morgan fingerprint density at radius 1 is 1.15 bits per heavy atom. The van der Waals surface area contributed by atoms with Crippen LogP contribution in [0.1, 0.15) is 32.0 Å². The Morgan fingerprint density at radius 2 is 1.81 bits per heavy atom. The molecule has 1 heterocycles. The van der Waals surface area contributed by atoms with E-state index in [4.69, 9.17) is 0 Å². The molecule has 0 aliphatic carbocycles. The summed E-state index contributed by atoms with van der Waals surface area (Å²) in [6.45, 7) is 7.13. The molecule has 0 spiro atoms. The van der Waals surface area contributed by atoms with Crippen LogP contribution < -0.4 is 10.6 Å². The summed E-state index contributed by atoms with van der Waals surface area (Å²) in [6, 6.07) is 9.05. The van der Waals surface area contributed by atoms with Crippen molar-refractivity contribution in [1.82, 2.24) is 20.4 Å². The van der Waals surface area contributed by atoms with Crippen molar-refractivity contribution in [2.75, 3.05) is 19.3 Å². The fraction of sp³-hybridized carbons (Fsp3) is 0.474. The summed E-state index contributed by atoms with van der Waals surface area (Å²) in [7, 11) is 0.166. The van der Waals surface area contributed by atoms with Gasteiger partial charge in [0.1, 0.15) is 0 Å². The lowest BCUT2D eigenvalue weighted by atomic mass is 9.87. The molecule has 1 aromatic carbocycles. The second kappa shape index (κ2) is 8.56. The number of guanidine groups is 1. The molecule has 0 unspecified atom stereocenters. The van der Waals surface area contributed by atoms with E-state index >= 15 is 0 Å². The Labute approximate surface area is 161 Å². The largest absolute Gasteiger partial charge is 0.355 e. The minimum absolute atomic E-state index is 0.00409. The summed E-state index contributed by atoms with van der Waals surface area (Å²) in [5.74, 6) is 0.545.